The van der Waals surface area contributed by atoms with Gasteiger partial charge in [0.05, 0.1) is 18.1 Å². The van der Waals surface area contributed by atoms with E-state index in [2.05, 4.69) is 20.9 Å². The summed E-state index contributed by atoms with van der Waals surface area (Å²) in [6.07, 6.45) is -8.07. The minimum Gasteiger partial charge on any atom is -0.248 e. The second-order valence-electron chi connectivity index (χ2n) is 2.99. The molecule has 2 nitrogen and oxygen atoms in total. The summed E-state index contributed by atoms with van der Waals surface area (Å²) in [5, 5.41) is 8.41. The molecule has 92 valence electrons. The second kappa shape index (κ2) is 4.96. The predicted molar refractivity (Wildman–Crippen MR) is 51.2 cm³/mol. The molecular weight excluding hydrogens is 311 g/mol. The number of aromatic nitrogens is 1. The maximum atomic E-state index is 12.7. The van der Waals surface area contributed by atoms with Crippen LogP contribution in [-0.2, 0) is 12.6 Å². The van der Waals surface area contributed by atoms with Crippen LogP contribution in [0.4, 0.5) is 22.0 Å². The zero-order chi connectivity index (χ0) is 13.2. The van der Waals surface area contributed by atoms with Gasteiger partial charge in [0.15, 0.2) is 0 Å². The molecule has 8 heteroatoms. The number of hydrogen-bond acceptors (Lipinski definition) is 2. The molecule has 0 N–H and O–H groups in total. The number of rotatable bonds is 2. The van der Waals surface area contributed by atoms with Crippen molar-refractivity contribution >= 4 is 15.9 Å². The lowest BCUT2D eigenvalue weighted by molar-refractivity contribution is -0.139. The van der Waals surface area contributed by atoms with Crippen LogP contribution in [-0.4, -0.2) is 4.98 Å². The highest BCUT2D eigenvalue weighted by atomic mass is 79.9. The summed E-state index contributed by atoms with van der Waals surface area (Å²) in [4.78, 5) is 3.22. The Kier molecular flexibility index (Phi) is 4.03. The zero-order valence-corrected chi connectivity index (χ0v) is 9.61. The summed E-state index contributed by atoms with van der Waals surface area (Å²) >= 11 is 2.55. The smallest absolute Gasteiger partial charge is 0.248 e. The van der Waals surface area contributed by atoms with Crippen LogP contribution in [0.25, 0.3) is 0 Å². The summed E-state index contributed by atoms with van der Waals surface area (Å²) in [6, 6.07) is 1.44. The van der Waals surface area contributed by atoms with E-state index < -0.39 is 40.3 Å². The van der Waals surface area contributed by atoms with Gasteiger partial charge in [-0.25, -0.2) is 13.8 Å². The third-order valence-electron chi connectivity index (χ3n) is 1.95. The maximum absolute atomic E-state index is 12.7. The van der Waals surface area contributed by atoms with Gasteiger partial charge in [-0.1, -0.05) is 0 Å². The Balaban J connectivity index is 3.56. The van der Waals surface area contributed by atoms with Crippen molar-refractivity contribution in [3.05, 3.63) is 27.5 Å². The number of pyridine rings is 1. The fraction of sp³-hybridized carbons (Fsp3) is 0.333. The fourth-order valence-electron chi connectivity index (χ4n) is 1.28. The molecule has 1 aromatic rings. The van der Waals surface area contributed by atoms with Crippen LogP contribution < -0.4 is 0 Å². The van der Waals surface area contributed by atoms with E-state index in [0.717, 1.165) is 0 Å². The van der Waals surface area contributed by atoms with Gasteiger partial charge in [0.1, 0.15) is 4.60 Å². The molecule has 0 bridgehead atoms. The number of hydrogen-bond donors (Lipinski definition) is 0. The van der Waals surface area contributed by atoms with Gasteiger partial charge < -0.3 is 0 Å². The normalized spacial score (nSPS) is 11.6. The molecule has 0 fully saturated rings. The fourth-order valence-corrected chi connectivity index (χ4v) is 1.85. The molecule has 0 spiro atoms. The molecule has 0 aliphatic rings. The van der Waals surface area contributed by atoms with Crippen molar-refractivity contribution < 1.29 is 22.0 Å². The first kappa shape index (κ1) is 13.8. The van der Waals surface area contributed by atoms with E-state index >= 15 is 0 Å². The molecule has 0 amide bonds. The van der Waals surface area contributed by atoms with E-state index in [0.29, 0.717) is 6.20 Å². The summed E-state index contributed by atoms with van der Waals surface area (Å²) in [6.45, 7) is 0. The van der Waals surface area contributed by atoms with Gasteiger partial charge >= 0.3 is 6.18 Å². The number of nitriles is 1. The second-order valence-corrected chi connectivity index (χ2v) is 3.74. The van der Waals surface area contributed by atoms with Crippen LogP contribution in [0, 0.1) is 11.3 Å². The van der Waals surface area contributed by atoms with Crippen molar-refractivity contribution in [2.24, 2.45) is 0 Å². The van der Waals surface area contributed by atoms with Gasteiger partial charge in [-0.15, -0.1) is 0 Å². The predicted octanol–water partition coefficient (Wildman–Crippen LogP) is 3.87. The molecule has 1 aromatic heterocycles. The lowest BCUT2D eigenvalue weighted by atomic mass is 10.0. The Morgan fingerprint density at radius 1 is 1.41 bits per heavy atom. The molecule has 0 saturated heterocycles. The summed E-state index contributed by atoms with van der Waals surface area (Å²) in [5.74, 6) is 0. The highest BCUT2D eigenvalue weighted by Crippen LogP contribution is 2.39. The standard InChI is InChI=1S/C9H4BrF5N2/c10-7-6(9(13,14)15)4(1-2-16)5(3-17-7)8(11)12/h3,8H,1H2. The Morgan fingerprint density at radius 2 is 2.00 bits per heavy atom. The van der Waals surface area contributed by atoms with Crippen molar-refractivity contribution in [2.75, 3.05) is 0 Å². The quantitative estimate of drug-likeness (QED) is 0.614. The van der Waals surface area contributed by atoms with Crippen molar-refractivity contribution in [1.29, 1.82) is 5.26 Å². The van der Waals surface area contributed by atoms with Crippen LogP contribution in [0.1, 0.15) is 23.1 Å². The Morgan fingerprint density at radius 3 is 2.41 bits per heavy atom. The van der Waals surface area contributed by atoms with Gasteiger partial charge in [0.25, 0.3) is 6.43 Å². The zero-order valence-electron chi connectivity index (χ0n) is 8.02. The average Bonchev–Trinajstić information content (AvgIpc) is 2.15. The SMILES string of the molecule is N#CCc1c(C(F)F)cnc(Br)c1C(F)(F)F. The van der Waals surface area contributed by atoms with Crippen LogP contribution >= 0.6 is 15.9 Å². The van der Waals surface area contributed by atoms with E-state index in [1.165, 1.54) is 6.07 Å². The minimum absolute atomic E-state index is 0.598. The summed E-state index contributed by atoms with van der Waals surface area (Å²) in [7, 11) is 0. The van der Waals surface area contributed by atoms with Crippen molar-refractivity contribution in [1.82, 2.24) is 4.98 Å². The van der Waals surface area contributed by atoms with Crippen LogP contribution in [0.3, 0.4) is 0 Å². The Labute approximate surface area is 101 Å². The van der Waals surface area contributed by atoms with Gasteiger partial charge in [-0.3, -0.25) is 0 Å². The largest absolute Gasteiger partial charge is 0.419 e. The molecular formula is C9H4BrF5N2. The van der Waals surface area contributed by atoms with Crippen LogP contribution in [0.2, 0.25) is 0 Å². The van der Waals surface area contributed by atoms with Crippen LogP contribution in [0.15, 0.2) is 10.8 Å². The highest BCUT2D eigenvalue weighted by Gasteiger charge is 2.38. The maximum Gasteiger partial charge on any atom is 0.419 e. The molecule has 0 aromatic carbocycles. The molecule has 0 saturated carbocycles. The van der Waals surface area contributed by atoms with Gasteiger partial charge in [-0.2, -0.15) is 18.4 Å². The number of nitrogens with zero attached hydrogens (tertiary/aromatic N) is 2. The van der Waals surface area contributed by atoms with Crippen molar-refractivity contribution in [3.8, 4) is 6.07 Å². The van der Waals surface area contributed by atoms with E-state index in [1.54, 1.807) is 0 Å². The molecule has 1 heterocycles. The van der Waals surface area contributed by atoms with E-state index in [9.17, 15) is 22.0 Å². The third-order valence-corrected chi connectivity index (χ3v) is 2.55. The first-order valence-corrected chi connectivity index (χ1v) is 4.98. The van der Waals surface area contributed by atoms with Gasteiger partial charge in [0.2, 0.25) is 0 Å². The number of halogens is 6. The summed E-state index contributed by atoms with van der Waals surface area (Å²) < 4.78 is 62.4. The van der Waals surface area contributed by atoms with Gasteiger partial charge in [-0.05, 0) is 21.5 Å². The number of alkyl halides is 5. The van der Waals surface area contributed by atoms with E-state index in [4.69, 9.17) is 5.26 Å². The van der Waals surface area contributed by atoms with Crippen molar-refractivity contribution in [2.45, 2.75) is 19.0 Å². The molecule has 0 radical (unpaired) electrons. The third kappa shape index (κ3) is 2.91. The highest BCUT2D eigenvalue weighted by molar-refractivity contribution is 9.10. The lowest BCUT2D eigenvalue weighted by Gasteiger charge is -2.15. The van der Waals surface area contributed by atoms with Crippen LogP contribution in [0.5, 0.6) is 0 Å². The monoisotopic (exact) mass is 314 g/mol. The Bertz CT molecular complexity index is 464. The Hall–Kier alpha value is -1.23. The van der Waals surface area contributed by atoms with Gasteiger partial charge in [0, 0.05) is 11.8 Å². The first-order valence-electron chi connectivity index (χ1n) is 4.18. The van der Waals surface area contributed by atoms with E-state index in [1.807, 2.05) is 0 Å². The lowest BCUT2D eigenvalue weighted by Crippen LogP contribution is -2.14. The average molecular weight is 315 g/mol. The molecule has 1 rings (SSSR count). The molecule has 0 aliphatic carbocycles. The molecule has 0 atom stereocenters. The summed E-state index contributed by atoms with van der Waals surface area (Å²) in [5.41, 5.74) is -2.93. The van der Waals surface area contributed by atoms with E-state index in [-0.39, 0.29) is 0 Å². The minimum atomic E-state index is -4.84. The van der Waals surface area contributed by atoms with Crippen molar-refractivity contribution in [3.63, 3.8) is 0 Å². The molecule has 17 heavy (non-hydrogen) atoms. The molecule has 0 aliphatic heterocycles. The molecule has 0 unspecified atom stereocenters. The first-order chi connectivity index (χ1) is 7.79. The topological polar surface area (TPSA) is 36.7 Å².